The molecule has 9 aromatic rings. The van der Waals surface area contributed by atoms with E-state index in [0.29, 0.717) is 6.67 Å². The van der Waals surface area contributed by atoms with E-state index in [0.717, 1.165) is 22.5 Å². The van der Waals surface area contributed by atoms with E-state index < -0.39 is 0 Å². The number of hydrogen-bond acceptors (Lipinski definition) is 3. The van der Waals surface area contributed by atoms with Crippen LogP contribution >= 0.6 is 11.3 Å². The Morgan fingerprint density at radius 2 is 1.30 bits per heavy atom. The van der Waals surface area contributed by atoms with Crippen molar-refractivity contribution >= 4 is 93.0 Å². The summed E-state index contributed by atoms with van der Waals surface area (Å²) in [6.07, 6.45) is 2.07. The molecule has 222 valence electrons. The Labute approximate surface area is 276 Å². The fraction of sp³-hybridized carbons (Fsp3) is 0.0233. The molecule has 0 aliphatic rings. The second-order valence-electron chi connectivity index (χ2n) is 11.8. The number of fused-ring (bicyclic) bond motifs is 11. The molecule has 7 aromatic carbocycles. The minimum absolute atomic E-state index is 0.444. The van der Waals surface area contributed by atoms with Crippen LogP contribution in [0.3, 0.4) is 0 Å². The first-order valence-corrected chi connectivity index (χ1v) is 16.6. The van der Waals surface area contributed by atoms with Crippen LogP contribution in [0.15, 0.2) is 162 Å². The molecule has 0 atom stereocenters. The lowest BCUT2D eigenvalue weighted by Gasteiger charge is -2.11. The molecule has 47 heavy (non-hydrogen) atoms. The molecule has 4 heteroatoms. The molecule has 0 aliphatic carbocycles. The zero-order valence-electron chi connectivity index (χ0n) is 25.6. The molecule has 9 rings (SSSR count). The molecule has 2 aromatic heterocycles. The normalized spacial score (nSPS) is 12.7. The number of aromatic nitrogens is 1. The number of nitrogens with zero attached hydrogens (tertiary/aromatic N) is 3. The van der Waals surface area contributed by atoms with Gasteiger partial charge in [-0.3, -0.25) is 9.98 Å². The van der Waals surface area contributed by atoms with Crippen molar-refractivity contribution in [2.45, 2.75) is 6.67 Å². The quantitative estimate of drug-likeness (QED) is 0.166. The number of para-hydroxylation sites is 1. The van der Waals surface area contributed by atoms with E-state index in [9.17, 15) is 0 Å². The van der Waals surface area contributed by atoms with Gasteiger partial charge in [-0.25, -0.2) is 0 Å². The summed E-state index contributed by atoms with van der Waals surface area (Å²) in [5, 5.41) is 10.1. The van der Waals surface area contributed by atoms with E-state index in [-0.39, 0.29) is 0 Å². The number of hydrogen-bond donors (Lipinski definition) is 0. The highest BCUT2D eigenvalue weighted by Gasteiger charge is 2.20. The summed E-state index contributed by atoms with van der Waals surface area (Å²) in [5.41, 5.74) is 6.08. The van der Waals surface area contributed by atoms with E-state index >= 15 is 0 Å². The molecular weight excluding hydrogens is 591 g/mol. The molecule has 0 unspecified atom stereocenters. The third-order valence-electron chi connectivity index (χ3n) is 9.18. The lowest BCUT2D eigenvalue weighted by atomic mass is 10.00. The highest BCUT2D eigenvalue weighted by atomic mass is 32.1. The van der Waals surface area contributed by atoms with Gasteiger partial charge in [-0.05, 0) is 41.8 Å². The standard InChI is InChI=1S/C43H29N3S/c1-44-36(29-14-3-2-4-15-29)26-37(31-24-23-28-13-5-6-16-30(28)25-31)45-27-46-38-21-11-9-19-34(38)40-41-35-20-10-12-22-39(35)47-43(41)33-18-8-7-17-32(33)42(40)46/h2-26H,1,27H2/b36-26-,45-37+. The van der Waals surface area contributed by atoms with Gasteiger partial charge < -0.3 is 4.57 Å². The van der Waals surface area contributed by atoms with Crippen molar-refractivity contribution in [1.29, 1.82) is 0 Å². The first kappa shape index (κ1) is 27.5. The zero-order valence-corrected chi connectivity index (χ0v) is 26.4. The number of allylic oxidation sites excluding steroid dienone is 1. The maximum absolute atomic E-state index is 5.41. The van der Waals surface area contributed by atoms with Crippen LogP contribution in [0.25, 0.3) is 69.2 Å². The van der Waals surface area contributed by atoms with Gasteiger partial charge in [0.1, 0.15) is 6.67 Å². The van der Waals surface area contributed by atoms with E-state index in [1.54, 1.807) is 0 Å². The summed E-state index contributed by atoms with van der Waals surface area (Å²) < 4.78 is 5.05. The fourth-order valence-corrected chi connectivity index (χ4v) is 8.28. The van der Waals surface area contributed by atoms with Crippen LogP contribution in [-0.4, -0.2) is 17.0 Å². The molecule has 0 saturated carbocycles. The Balaban J connectivity index is 1.33. The second-order valence-corrected chi connectivity index (χ2v) is 12.9. The van der Waals surface area contributed by atoms with Gasteiger partial charge in [0.15, 0.2) is 0 Å². The predicted octanol–water partition coefficient (Wildman–Crippen LogP) is 11.7. The summed E-state index contributed by atoms with van der Waals surface area (Å²) in [6.45, 7) is 4.38. The third kappa shape index (κ3) is 4.49. The van der Waals surface area contributed by atoms with E-state index in [4.69, 9.17) is 4.99 Å². The number of rotatable bonds is 6. The minimum Gasteiger partial charge on any atom is -0.320 e. The summed E-state index contributed by atoms with van der Waals surface area (Å²) in [5.74, 6) is 0. The molecule has 0 N–H and O–H groups in total. The number of thiophene rings is 1. The monoisotopic (exact) mass is 619 g/mol. The van der Waals surface area contributed by atoms with Crippen LogP contribution < -0.4 is 0 Å². The lowest BCUT2D eigenvalue weighted by molar-refractivity contribution is 0.796. The van der Waals surface area contributed by atoms with Crippen molar-refractivity contribution in [3.05, 3.63) is 163 Å². The molecule has 0 spiro atoms. The summed E-state index contributed by atoms with van der Waals surface area (Å²) in [4.78, 5) is 9.87. The Bertz CT molecular complexity index is 2730. The zero-order chi connectivity index (χ0) is 31.3. The van der Waals surface area contributed by atoms with Crippen molar-refractivity contribution < 1.29 is 0 Å². The lowest BCUT2D eigenvalue weighted by Crippen LogP contribution is -2.03. The molecule has 2 heterocycles. The first-order valence-electron chi connectivity index (χ1n) is 15.8. The molecule has 0 radical (unpaired) electrons. The van der Waals surface area contributed by atoms with Crippen molar-refractivity contribution in [2.24, 2.45) is 9.98 Å². The van der Waals surface area contributed by atoms with Crippen LogP contribution in [0.4, 0.5) is 0 Å². The average Bonchev–Trinajstić information content (AvgIpc) is 3.68. The van der Waals surface area contributed by atoms with Crippen LogP contribution in [0, 0.1) is 0 Å². The largest absolute Gasteiger partial charge is 0.320 e. The number of benzene rings is 7. The van der Waals surface area contributed by atoms with Crippen LogP contribution in [0.1, 0.15) is 11.1 Å². The maximum atomic E-state index is 5.41. The molecule has 0 fully saturated rings. The predicted molar refractivity (Wildman–Crippen MR) is 204 cm³/mol. The average molecular weight is 620 g/mol. The fourth-order valence-electron chi connectivity index (χ4n) is 7.03. The number of aliphatic imine (C=N–C) groups is 2. The van der Waals surface area contributed by atoms with Gasteiger partial charge in [0, 0.05) is 52.8 Å². The molecule has 0 bridgehead atoms. The SMILES string of the molecule is C=N/C(=C\C(=N/Cn1c2ccccc2c2c3c4ccccc4sc3c3ccccc3c21)c1ccc2ccccc2c1)c1ccccc1. The molecule has 0 aliphatic heterocycles. The van der Waals surface area contributed by atoms with Gasteiger partial charge in [0.05, 0.1) is 22.4 Å². The summed E-state index contributed by atoms with van der Waals surface area (Å²) >= 11 is 1.89. The van der Waals surface area contributed by atoms with Crippen LogP contribution in [-0.2, 0) is 6.67 Å². The Hall–Kier alpha value is -5.84. The van der Waals surface area contributed by atoms with Crippen LogP contribution in [0.5, 0.6) is 0 Å². The maximum Gasteiger partial charge on any atom is 0.115 e. The highest BCUT2D eigenvalue weighted by Crippen LogP contribution is 2.47. The van der Waals surface area contributed by atoms with Crippen molar-refractivity contribution in [2.75, 3.05) is 0 Å². The summed E-state index contributed by atoms with van der Waals surface area (Å²) in [6, 6.07) is 51.6. The second kappa shape index (κ2) is 11.2. The van der Waals surface area contributed by atoms with Crippen molar-refractivity contribution in [3.63, 3.8) is 0 Å². The summed E-state index contributed by atoms with van der Waals surface area (Å²) in [7, 11) is 0. The molecule has 3 nitrogen and oxygen atoms in total. The van der Waals surface area contributed by atoms with Crippen molar-refractivity contribution in [3.8, 4) is 0 Å². The topological polar surface area (TPSA) is 29.6 Å². The third-order valence-corrected chi connectivity index (χ3v) is 10.4. The van der Waals surface area contributed by atoms with Gasteiger partial charge >= 0.3 is 0 Å². The van der Waals surface area contributed by atoms with Crippen LogP contribution in [0.2, 0.25) is 0 Å². The molecular formula is C43H29N3S. The van der Waals surface area contributed by atoms with E-state index in [1.165, 1.54) is 63.5 Å². The minimum atomic E-state index is 0.444. The van der Waals surface area contributed by atoms with Gasteiger partial charge in [-0.2, -0.15) is 0 Å². The van der Waals surface area contributed by atoms with Gasteiger partial charge in [0.25, 0.3) is 0 Å². The Kier molecular flexibility index (Phi) is 6.54. The van der Waals surface area contributed by atoms with E-state index in [1.807, 2.05) is 29.5 Å². The molecule has 0 saturated heterocycles. The van der Waals surface area contributed by atoms with Gasteiger partial charge in [-0.1, -0.05) is 127 Å². The van der Waals surface area contributed by atoms with Gasteiger partial charge in [0.2, 0.25) is 0 Å². The first-order chi connectivity index (χ1) is 23.3. The van der Waals surface area contributed by atoms with Crippen molar-refractivity contribution in [1.82, 2.24) is 4.57 Å². The smallest absolute Gasteiger partial charge is 0.115 e. The van der Waals surface area contributed by atoms with E-state index in [2.05, 4.69) is 150 Å². The van der Waals surface area contributed by atoms with Gasteiger partial charge in [-0.15, -0.1) is 11.3 Å². The highest BCUT2D eigenvalue weighted by molar-refractivity contribution is 7.27. The Morgan fingerprint density at radius 1 is 0.617 bits per heavy atom. The molecule has 0 amide bonds. The Morgan fingerprint density at radius 3 is 2.13 bits per heavy atom.